The van der Waals surface area contributed by atoms with Crippen molar-refractivity contribution in [3.05, 3.63) is 82.5 Å². The van der Waals surface area contributed by atoms with Crippen LogP contribution in [0, 0.1) is 10.1 Å². The van der Waals surface area contributed by atoms with Crippen LogP contribution in [0.1, 0.15) is 10.4 Å². The molecule has 3 aromatic rings. The van der Waals surface area contributed by atoms with E-state index in [1.54, 1.807) is 36.4 Å². The van der Waals surface area contributed by atoms with Crippen LogP contribution in [0.15, 0.2) is 66.9 Å². The van der Waals surface area contributed by atoms with E-state index in [9.17, 15) is 19.7 Å². The lowest BCUT2D eigenvalue weighted by Crippen LogP contribution is -2.34. The van der Waals surface area contributed by atoms with E-state index in [-0.39, 0.29) is 17.3 Å². The number of carbonyl (C=O) groups is 2. The lowest BCUT2D eigenvalue weighted by Gasteiger charge is -2.09. The van der Waals surface area contributed by atoms with Gasteiger partial charge in [0.15, 0.2) is 0 Å². The first-order valence-electron chi connectivity index (χ1n) is 7.94. The van der Waals surface area contributed by atoms with Gasteiger partial charge in [-0.2, -0.15) is 5.10 Å². The second-order valence-electron chi connectivity index (χ2n) is 5.38. The van der Waals surface area contributed by atoms with Gasteiger partial charge in [-0.15, -0.1) is 5.10 Å². The number of anilines is 1. The molecule has 1 heterocycles. The van der Waals surface area contributed by atoms with Gasteiger partial charge in [-0.3, -0.25) is 20.2 Å². The highest BCUT2D eigenvalue weighted by molar-refractivity contribution is 6.08. The first kappa shape index (κ1) is 18.5. The summed E-state index contributed by atoms with van der Waals surface area (Å²) in [4.78, 5) is 34.6. The molecule has 3 rings (SSSR count). The molecule has 140 valence electrons. The van der Waals surface area contributed by atoms with Crippen molar-refractivity contribution in [3.8, 4) is 11.6 Å². The molecular weight excluding hydrogens is 366 g/mol. The SMILES string of the molecule is O=C(NC(=O)c1ccccc1)Nc1ccc(Oc2cccnn2)c([N+](=O)[O-])c1. The van der Waals surface area contributed by atoms with Gasteiger partial charge in [-0.05, 0) is 30.3 Å². The summed E-state index contributed by atoms with van der Waals surface area (Å²) < 4.78 is 5.36. The van der Waals surface area contributed by atoms with Crippen molar-refractivity contribution in [1.82, 2.24) is 15.5 Å². The first-order valence-corrected chi connectivity index (χ1v) is 7.94. The number of hydrogen-bond donors (Lipinski definition) is 2. The summed E-state index contributed by atoms with van der Waals surface area (Å²) in [5, 5.41) is 23.1. The quantitative estimate of drug-likeness (QED) is 0.513. The fourth-order valence-corrected chi connectivity index (χ4v) is 2.21. The van der Waals surface area contributed by atoms with Crippen LogP contribution in [0.2, 0.25) is 0 Å². The van der Waals surface area contributed by atoms with Crippen LogP contribution in [0.4, 0.5) is 16.2 Å². The van der Waals surface area contributed by atoms with E-state index in [0.717, 1.165) is 6.07 Å². The van der Waals surface area contributed by atoms with Crippen molar-refractivity contribution in [3.63, 3.8) is 0 Å². The van der Waals surface area contributed by atoms with Gasteiger partial charge in [0.2, 0.25) is 11.6 Å². The van der Waals surface area contributed by atoms with Crippen molar-refractivity contribution < 1.29 is 19.2 Å². The largest absolute Gasteiger partial charge is 0.430 e. The number of imide groups is 1. The van der Waals surface area contributed by atoms with Crippen LogP contribution in [-0.2, 0) is 0 Å². The smallest absolute Gasteiger partial charge is 0.326 e. The molecule has 10 heteroatoms. The number of benzene rings is 2. The maximum absolute atomic E-state index is 12.0. The minimum absolute atomic E-state index is 0.0724. The molecule has 0 bridgehead atoms. The Hall–Kier alpha value is -4.34. The van der Waals surface area contributed by atoms with Gasteiger partial charge in [0.1, 0.15) is 0 Å². The summed E-state index contributed by atoms with van der Waals surface area (Å²) in [5.41, 5.74) is 0.0192. The molecule has 2 aromatic carbocycles. The Morgan fingerprint density at radius 3 is 2.50 bits per heavy atom. The second kappa shape index (κ2) is 8.36. The molecule has 3 amide bonds. The summed E-state index contributed by atoms with van der Waals surface area (Å²) in [6.45, 7) is 0. The van der Waals surface area contributed by atoms with Gasteiger partial charge in [0, 0.05) is 29.6 Å². The molecule has 0 radical (unpaired) electrons. The molecule has 0 aliphatic carbocycles. The Morgan fingerprint density at radius 1 is 1.04 bits per heavy atom. The summed E-state index contributed by atoms with van der Waals surface area (Å²) in [7, 11) is 0. The van der Waals surface area contributed by atoms with Crippen molar-refractivity contribution in [2.45, 2.75) is 0 Å². The third-order valence-electron chi connectivity index (χ3n) is 3.44. The van der Waals surface area contributed by atoms with E-state index < -0.39 is 22.5 Å². The number of carbonyl (C=O) groups excluding carboxylic acids is 2. The van der Waals surface area contributed by atoms with E-state index in [4.69, 9.17) is 4.74 Å². The predicted molar refractivity (Wildman–Crippen MR) is 98.1 cm³/mol. The standard InChI is InChI=1S/C18H13N5O5/c24-17(12-5-2-1-3-6-12)21-18(25)20-13-8-9-15(14(11-13)23(26)27)28-16-7-4-10-19-22-16/h1-11H,(H2,20,21,24,25). The molecule has 0 fully saturated rings. The van der Waals surface area contributed by atoms with Crippen molar-refractivity contribution in [1.29, 1.82) is 0 Å². The summed E-state index contributed by atoms with van der Waals surface area (Å²) >= 11 is 0. The number of nitro groups is 1. The monoisotopic (exact) mass is 379 g/mol. The summed E-state index contributed by atoms with van der Waals surface area (Å²) in [5.74, 6) is -0.593. The Balaban J connectivity index is 1.72. The van der Waals surface area contributed by atoms with Crippen LogP contribution in [-0.4, -0.2) is 27.1 Å². The van der Waals surface area contributed by atoms with Crippen LogP contribution in [0.5, 0.6) is 11.6 Å². The molecule has 28 heavy (non-hydrogen) atoms. The van der Waals surface area contributed by atoms with Crippen LogP contribution in [0.3, 0.4) is 0 Å². The predicted octanol–water partition coefficient (Wildman–Crippen LogP) is 3.14. The number of nitro benzene ring substituents is 1. The maximum atomic E-state index is 12.0. The van der Waals surface area contributed by atoms with E-state index in [0.29, 0.717) is 5.56 Å². The molecular formula is C18H13N5O5. The average molecular weight is 379 g/mol. The zero-order valence-corrected chi connectivity index (χ0v) is 14.2. The van der Waals surface area contributed by atoms with Gasteiger partial charge in [0.05, 0.1) is 4.92 Å². The molecule has 10 nitrogen and oxygen atoms in total. The molecule has 0 aliphatic heterocycles. The lowest BCUT2D eigenvalue weighted by atomic mass is 10.2. The van der Waals surface area contributed by atoms with Gasteiger partial charge in [0.25, 0.3) is 5.91 Å². The molecule has 0 saturated carbocycles. The molecule has 1 aromatic heterocycles. The Bertz CT molecular complexity index is 1010. The summed E-state index contributed by atoms with van der Waals surface area (Å²) in [6.07, 6.45) is 1.43. The number of nitrogens with zero attached hydrogens (tertiary/aromatic N) is 3. The van der Waals surface area contributed by atoms with Gasteiger partial charge < -0.3 is 10.1 Å². The van der Waals surface area contributed by atoms with Gasteiger partial charge in [-0.1, -0.05) is 18.2 Å². The maximum Gasteiger partial charge on any atom is 0.326 e. The number of ether oxygens (including phenoxy) is 1. The molecule has 0 spiro atoms. The normalized spacial score (nSPS) is 10.0. The van der Waals surface area contributed by atoms with Crippen molar-refractivity contribution >= 4 is 23.3 Å². The molecule has 0 unspecified atom stereocenters. The fourth-order valence-electron chi connectivity index (χ4n) is 2.21. The third-order valence-corrected chi connectivity index (χ3v) is 3.44. The van der Waals surface area contributed by atoms with Crippen molar-refractivity contribution in [2.24, 2.45) is 0 Å². The van der Waals surface area contributed by atoms with Crippen LogP contribution >= 0.6 is 0 Å². The third kappa shape index (κ3) is 4.64. The molecule has 2 N–H and O–H groups in total. The van der Waals surface area contributed by atoms with E-state index in [2.05, 4.69) is 20.8 Å². The zero-order valence-electron chi connectivity index (χ0n) is 14.2. The Labute approximate surface area is 158 Å². The highest BCUT2D eigenvalue weighted by Crippen LogP contribution is 2.32. The number of urea groups is 1. The van der Waals surface area contributed by atoms with Crippen LogP contribution < -0.4 is 15.4 Å². The number of rotatable bonds is 5. The molecule has 0 atom stereocenters. The minimum Gasteiger partial charge on any atom is -0.430 e. The van der Waals surface area contributed by atoms with E-state index in [1.165, 1.54) is 24.4 Å². The Kier molecular flexibility index (Phi) is 5.51. The number of aromatic nitrogens is 2. The minimum atomic E-state index is -0.828. The first-order chi connectivity index (χ1) is 13.5. The highest BCUT2D eigenvalue weighted by atomic mass is 16.6. The number of nitrogens with one attached hydrogen (secondary N) is 2. The Morgan fingerprint density at radius 2 is 1.82 bits per heavy atom. The van der Waals surface area contributed by atoms with Crippen LogP contribution in [0.25, 0.3) is 0 Å². The zero-order chi connectivity index (χ0) is 19.9. The second-order valence-corrected chi connectivity index (χ2v) is 5.38. The average Bonchev–Trinajstić information content (AvgIpc) is 2.70. The topological polar surface area (TPSA) is 136 Å². The fraction of sp³-hybridized carbons (Fsp3) is 0. The van der Waals surface area contributed by atoms with E-state index in [1.807, 2.05) is 0 Å². The lowest BCUT2D eigenvalue weighted by molar-refractivity contribution is -0.385. The highest BCUT2D eigenvalue weighted by Gasteiger charge is 2.19. The van der Waals surface area contributed by atoms with E-state index >= 15 is 0 Å². The number of amides is 3. The van der Waals surface area contributed by atoms with Crippen molar-refractivity contribution in [2.75, 3.05) is 5.32 Å². The number of hydrogen-bond acceptors (Lipinski definition) is 7. The summed E-state index contributed by atoms with van der Waals surface area (Å²) in [6, 6.07) is 14.2. The van der Waals surface area contributed by atoms with Gasteiger partial charge >= 0.3 is 11.7 Å². The molecule has 0 aliphatic rings. The van der Waals surface area contributed by atoms with Gasteiger partial charge in [-0.25, -0.2) is 4.79 Å². The molecule has 0 saturated heterocycles.